The van der Waals surface area contributed by atoms with Gasteiger partial charge >= 0.3 is 0 Å². The number of anilines is 1. The first-order valence-electron chi connectivity index (χ1n) is 5.47. The predicted molar refractivity (Wildman–Crippen MR) is 69.4 cm³/mol. The standard InChI is InChI=1S/C12H20N2S/c1-4-10(2)8-15-9-11-6-5-7-14-12(11)13-3/h5-7,10H,4,8-9H2,1-3H3,(H,13,14). The Hall–Kier alpha value is -0.700. The van der Waals surface area contributed by atoms with Gasteiger partial charge in [0, 0.05) is 24.6 Å². The second-order valence-corrected chi connectivity index (χ2v) is 4.82. The number of hydrogen-bond acceptors (Lipinski definition) is 3. The SMILES string of the molecule is CCC(C)CSCc1cccnc1NC. The molecule has 0 aromatic carbocycles. The fourth-order valence-corrected chi connectivity index (χ4v) is 2.48. The zero-order valence-electron chi connectivity index (χ0n) is 9.79. The van der Waals surface area contributed by atoms with Gasteiger partial charge in [-0.05, 0) is 17.7 Å². The molecular formula is C12H20N2S. The van der Waals surface area contributed by atoms with E-state index in [1.165, 1.54) is 17.7 Å². The van der Waals surface area contributed by atoms with E-state index in [0.717, 1.165) is 17.5 Å². The number of rotatable bonds is 6. The zero-order chi connectivity index (χ0) is 11.1. The molecule has 1 N–H and O–H groups in total. The lowest BCUT2D eigenvalue weighted by Gasteiger charge is -2.09. The number of aromatic nitrogens is 1. The molecule has 84 valence electrons. The van der Waals surface area contributed by atoms with Crippen LogP contribution < -0.4 is 5.32 Å². The van der Waals surface area contributed by atoms with Crippen LogP contribution in [0.2, 0.25) is 0 Å². The highest BCUT2D eigenvalue weighted by atomic mass is 32.2. The lowest BCUT2D eigenvalue weighted by molar-refractivity contribution is 0.637. The normalized spacial score (nSPS) is 12.5. The summed E-state index contributed by atoms with van der Waals surface area (Å²) in [5.41, 5.74) is 1.30. The van der Waals surface area contributed by atoms with E-state index in [-0.39, 0.29) is 0 Å². The molecule has 1 heterocycles. The molecule has 1 rings (SSSR count). The molecular weight excluding hydrogens is 204 g/mol. The molecule has 2 nitrogen and oxygen atoms in total. The smallest absolute Gasteiger partial charge is 0.129 e. The van der Waals surface area contributed by atoms with Gasteiger partial charge in [-0.25, -0.2) is 4.98 Å². The largest absolute Gasteiger partial charge is 0.373 e. The maximum atomic E-state index is 4.29. The Bertz CT molecular complexity index is 289. The van der Waals surface area contributed by atoms with Gasteiger partial charge in [0.05, 0.1) is 0 Å². The number of pyridine rings is 1. The summed E-state index contributed by atoms with van der Waals surface area (Å²) in [6, 6.07) is 4.14. The van der Waals surface area contributed by atoms with Gasteiger partial charge in [0.2, 0.25) is 0 Å². The second-order valence-electron chi connectivity index (χ2n) is 3.79. The lowest BCUT2D eigenvalue weighted by Crippen LogP contribution is -1.99. The molecule has 0 spiro atoms. The van der Waals surface area contributed by atoms with Crippen LogP contribution in [0.1, 0.15) is 25.8 Å². The van der Waals surface area contributed by atoms with Crippen molar-refractivity contribution in [2.75, 3.05) is 18.1 Å². The van der Waals surface area contributed by atoms with Crippen molar-refractivity contribution in [3.05, 3.63) is 23.9 Å². The summed E-state index contributed by atoms with van der Waals surface area (Å²) in [7, 11) is 1.92. The average Bonchev–Trinajstić information content (AvgIpc) is 2.29. The van der Waals surface area contributed by atoms with Crippen molar-refractivity contribution in [3.8, 4) is 0 Å². The Kier molecular flexibility index (Phi) is 5.54. The first-order valence-corrected chi connectivity index (χ1v) is 6.62. The molecule has 1 aromatic heterocycles. The monoisotopic (exact) mass is 224 g/mol. The van der Waals surface area contributed by atoms with Gasteiger partial charge in [-0.15, -0.1) is 0 Å². The first-order chi connectivity index (χ1) is 7.27. The number of hydrogen-bond donors (Lipinski definition) is 1. The molecule has 15 heavy (non-hydrogen) atoms. The van der Waals surface area contributed by atoms with Crippen molar-refractivity contribution < 1.29 is 0 Å². The quantitative estimate of drug-likeness (QED) is 0.801. The fourth-order valence-electron chi connectivity index (χ4n) is 1.27. The van der Waals surface area contributed by atoms with Crippen LogP contribution in [0.15, 0.2) is 18.3 Å². The van der Waals surface area contributed by atoms with E-state index in [1.807, 2.05) is 31.1 Å². The third-order valence-electron chi connectivity index (χ3n) is 2.48. The highest BCUT2D eigenvalue weighted by Crippen LogP contribution is 2.20. The summed E-state index contributed by atoms with van der Waals surface area (Å²) in [5.74, 6) is 4.10. The van der Waals surface area contributed by atoms with Gasteiger partial charge in [-0.1, -0.05) is 26.3 Å². The molecule has 0 fully saturated rings. The molecule has 0 saturated heterocycles. The molecule has 1 unspecified atom stereocenters. The van der Waals surface area contributed by atoms with Crippen LogP contribution in [0.25, 0.3) is 0 Å². The van der Waals surface area contributed by atoms with Crippen LogP contribution in [-0.4, -0.2) is 17.8 Å². The molecule has 0 aliphatic carbocycles. The minimum Gasteiger partial charge on any atom is -0.373 e. The van der Waals surface area contributed by atoms with E-state index in [0.29, 0.717) is 0 Å². The van der Waals surface area contributed by atoms with E-state index in [4.69, 9.17) is 0 Å². The van der Waals surface area contributed by atoms with Crippen LogP contribution in [0, 0.1) is 5.92 Å². The van der Waals surface area contributed by atoms with Gasteiger partial charge in [-0.3, -0.25) is 0 Å². The Morgan fingerprint density at radius 3 is 3.00 bits per heavy atom. The Balaban J connectivity index is 2.43. The van der Waals surface area contributed by atoms with Crippen LogP contribution in [0.5, 0.6) is 0 Å². The van der Waals surface area contributed by atoms with E-state index in [1.54, 1.807) is 0 Å². The van der Waals surface area contributed by atoms with Crippen molar-refractivity contribution in [3.63, 3.8) is 0 Å². The van der Waals surface area contributed by atoms with E-state index in [9.17, 15) is 0 Å². The average molecular weight is 224 g/mol. The topological polar surface area (TPSA) is 24.9 Å². The van der Waals surface area contributed by atoms with Gasteiger partial charge in [-0.2, -0.15) is 11.8 Å². The zero-order valence-corrected chi connectivity index (χ0v) is 10.6. The van der Waals surface area contributed by atoms with Gasteiger partial charge in [0.25, 0.3) is 0 Å². The lowest BCUT2D eigenvalue weighted by atomic mass is 10.2. The van der Waals surface area contributed by atoms with Crippen molar-refractivity contribution in [2.24, 2.45) is 5.92 Å². The van der Waals surface area contributed by atoms with Crippen LogP contribution in [0.3, 0.4) is 0 Å². The molecule has 0 aliphatic heterocycles. The molecule has 0 bridgehead atoms. The predicted octanol–water partition coefficient (Wildman–Crippen LogP) is 3.40. The number of thioether (sulfide) groups is 1. The summed E-state index contributed by atoms with van der Waals surface area (Å²) in [4.78, 5) is 4.29. The van der Waals surface area contributed by atoms with Crippen molar-refractivity contribution in [2.45, 2.75) is 26.0 Å². The summed E-state index contributed by atoms with van der Waals surface area (Å²) >= 11 is 1.99. The van der Waals surface area contributed by atoms with E-state index < -0.39 is 0 Å². The maximum Gasteiger partial charge on any atom is 0.129 e. The molecule has 0 amide bonds. The second kappa shape index (κ2) is 6.72. The molecule has 1 aromatic rings. The Morgan fingerprint density at radius 2 is 2.33 bits per heavy atom. The van der Waals surface area contributed by atoms with Crippen molar-refractivity contribution in [1.82, 2.24) is 4.98 Å². The third-order valence-corrected chi connectivity index (χ3v) is 3.80. The van der Waals surface area contributed by atoms with Crippen LogP contribution in [0.4, 0.5) is 5.82 Å². The number of nitrogens with zero attached hydrogens (tertiary/aromatic N) is 1. The summed E-state index contributed by atoms with van der Waals surface area (Å²) < 4.78 is 0. The third kappa shape index (κ3) is 4.12. The molecule has 1 atom stereocenters. The summed E-state index contributed by atoms with van der Waals surface area (Å²) in [6.07, 6.45) is 3.09. The van der Waals surface area contributed by atoms with E-state index >= 15 is 0 Å². The van der Waals surface area contributed by atoms with E-state index in [2.05, 4.69) is 30.2 Å². The minimum atomic E-state index is 0.810. The maximum absolute atomic E-state index is 4.29. The highest BCUT2D eigenvalue weighted by Gasteiger charge is 2.03. The summed E-state index contributed by atoms with van der Waals surface area (Å²) in [5, 5.41) is 3.12. The van der Waals surface area contributed by atoms with Gasteiger partial charge in [0.1, 0.15) is 5.82 Å². The molecule has 0 saturated carbocycles. The molecule has 0 aliphatic rings. The molecule has 0 radical (unpaired) electrons. The molecule has 3 heteroatoms. The Labute approximate surface area is 96.9 Å². The summed E-state index contributed by atoms with van der Waals surface area (Å²) in [6.45, 7) is 4.55. The van der Waals surface area contributed by atoms with Crippen LogP contribution in [-0.2, 0) is 5.75 Å². The van der Waals surface area contributed by atoms with Gasteiger partial charge in [0.15, 0.2) is 0 Å². The fraction of sp³-hybridized carbons (Fsp3) is 0.583. The first kappa shape index (κ1) is 12.4. The van der Waals surface area contributed by atoms with Crippen molar-refractivity contribution in [1.29, 1.82) is 0 Å². The Morgan fingerprint density at radius 1 is 1.53 bits per heavy atom. The van der Waals surface area contributed by atoms with Gasteiger partial charge < -0.3 is 5.32 Å². The van der Waals surface area contributed by atoms with Crippen LogP contribution >= 0.6 is 11.8 Å². The van der Waals surface area contributed by atoms with Crippen molar-refractivity contribution >= 4 is 17.6 Å². The highest BCUT2D eigenvalue weighted by molar-refractivity contribution is 7.98. The number of nitrogens with one attached hydrogen (secondary N) is 1. The minimum absolute atomic E-state index is 0.810.